The van der Waals surface area contributed by atoms with Gasteiger partial charge in [0.2, 0.25) is 0 Å². The number of hydrogen-bond acceptors (Lipinski definition) is 2. The fourth-order valence-corrected chi connectivity index (χ4v) is 8.63. The minimum Gasteiger partial charge on any atom is -0.507 e. The van der Waals surface area contributed by atoms with Gasteiger partial charge in [0.1, 0.15) is 11.5 Å². The monoisotopic (exact) mass is 1020 g/mol. The molecular weight excluding hydrogens is 933 g/mol. The summed E-state index contributed by atoms with van der Waals surface area (Å²) >= 11 is 0. The molecule has 0 spiro atoms. The summed E-state index contributed by atoms with van der Waals surface area (Å²) in [6.45, 7) is 53.8. The summed E-state index contributed by atoms with van der Waals surface area (Å²) in [5.74, 6) is 10.3. The van der Waals surface area contributed by atoms with Crippen molar-refractivity contribution in [3.8, 4) is 11.5 Å². The molecule has 0 unspecified atom stereocenters. The van der Waals surface area contributed by atoms with Crippen molar-refractivity contribution in [1.29, 1.82) is 0 Å². The molecule has 0 bridgehead atoms. The summed E-state index contributed by atoms with van der Waals surface area (Å²) in [4.78, 5) is 0. The fourth-order valence-electron chi connectivity index (χ4n) is 8.63. The van der Waals surface area contributed by atoms with Crippen LogP contribution in [0.1, 0.15) is 186 Å². The molecule has 54 heavy (non-hydrogen) atoms. The van der Waals surface area contributed by atoms with Crippen LogP contribution in [-0.4, -0.2) is 10.2 Å². The normalized spacial score (nSPS) is 28.2. The second-order valence-corrected chi connectivity index (χ2v) is 22.0. The van der Waals surface area contributed by atoms with Gasteiger partial charge in [0, 0.05) is 80.8 Å². The maximum absolute atomic E-state index is 10.4. The van der Waals surface area contributed by atoms with Crippen molar-refractivity contribution in [3.05, 3.63) is 57.6 Å². The summed E-state index contributed by atoms with van der Waals surface area (Å²) in [7, 11) is 0. The van der Waals surface area contributed by atoms with Crippen LogP contribution in [0.5, 0.6) is 11.5 Å². The minimum absolute atomic E-state index is 0. The molecule has 2 fully saturated rings. The van der Waals surface area contributed by atoms with Crippen molar-refractivity contribution in [1.82, 2.24) is 0 Å². The Bertz CT molecular complexity index is 1160. The molecule has 0 saturated heterocycles. The number of rotatable bonds is 0. The molecule has 4 rings (SSSR count). The van der Waals surface area contributed by atoms with Crippen LogP contribution >= 0.6 is 0 Å². The Kier molecular flexibility index (Phi) is 23.0. The molecule has 0 radical (unpaired) electrons. The molecule has 0 atom stereocenters. The van der Waals surface area contributed by atoms with E-state index in [1.54, 1.807) is 0 Å². The van der Waals surface area contributed by atoms with Gasteiger partial charge in [-0.3, -0.25) is 0 Å². The van der Waals surface area contributed by atoms with E-state index in [4.69, 9.17) is 0 Å². The number of phenolic OH excluding ortho intramolecular Hbond substituents is 2. The van der Waals surface area contributed by atoms with E-state index in [0.717, 1.165) is 81.4 Å². The topological polar surface area (TPSA) is 40.5 Å². The van der Waals surface area contributed by atoms with Crippen LogP contribution in [0.2, 0.25) is 0 Å². The minimum atomic E-state index is -0.0178. The van der Waals surface area contributed by atoms with Crippen molar-refractivity contribution >= 4 is 0 Å². The quantitative estimate of drug-likeness (QED) is 0.276. The molecule has 2 aliphatic rings. The Morgan fingerprint density at radius 1 is 0.315 bits per heavy atom. The zero-order valence-electron chi connectivity index (χ0n) is 39.8. The van der Waals surface area contributed by atoms with Crippen LogP contribution in [0.3, 0.4) is 0 Å². The van der Waals surface area contributed by atoms with Gasteiger partial charge in [0.15, 0.2) is 0 Å². The molecule has 2 nitrogen and oxygen atoms in total. The van der Waals surface area contributed by atoms with Gasteiger partial charge in [0.05, 0.1) is 0 Å². The molecule has 312 valence electrons. The van der Waals surface area contributed by atoms with Crippen molar-refractivity contribution in [2.45, 2.75) is 188 Å². The Hall–Kier alpha value is 0.715. The number of aryl methyl sites for hydroxylation is 2. The summed E-state index contributed by atoms with van der Waals surface area (Å²) in [5.41, 5.74) is 6.52. The molecule has 2 aromatic carbocycles. The van der Waals surface area contributed by atoms with Crippen LogP contribution in [0.15, 0.2) is 24.3 Å². The fraction of sp³-hybridized carbons (Fsp3) is 0.760. The Morgan fingerprint density at radius 2 is 0.426 bits per heavy atom. The maximum Gasteiger partial charge on any atom is 0.123 e. The molecule has 2 aromatic rings. The van der Waals surface area contributed by atoms with Crippen LogP contribution in [0.25, 0.3) is 0 Å². The summed E-state index contributed by atoms with van der Waals surface area (Å²) in [6.07, 6.45) is 0. The maximum atomic E-state index is 10.4. The van der Waals surface area contributed by atoms with E-state index in [1.165, 1.54) is 11.1 Å². The summed E-state index contributed by atoms with van der Waals surface area (Å²) in [6, 6.07) is 8.35. The number of hydrogen-bond donors (Lipinski definition) is 2. The Labute approximate surface area is 402 Å². The predicted molar refractivity (Wildman–Crippen MR) is 232 cm³/mol. The summed E-state index contributed by atoms with van der Waals surface area (Å²) in [5, 5.41) is 20.8. The molecule has 0 amide bonds. The van der Waals surface area contributed by atoms with E-state index in [-0.39, 0.29) is 102 Å². The van der Waals surface area contributed by atoms with Crippen LogP contribution < -0.4 is 0 Å². The van der Waals surface area contributed by atoms with Gasteiger partial charge in [-0.05, 0) is 117 Å². The predicted octanol–water partition coefficient (Wildman–Crippen LogP) is 15.0. The molecule has 0 heterocycles. The average molecular weight is 1020 g/mol. The van der Waals surface area contributed by atoms with Crippen molar-refractivity contribution in [2.75, 3.05) is 0 Å². The average Bonchev–Trinajstić information content (AvgIpc) is 3.27. The second-order valence-electron chi connectivity index (χ2n) is 22.0. The first-order chi connectivity index (χ1) is 23.2. The molecule has 2 saturated carbocycles. The van der Waals surface area contributed by atoms with Gasteiger partial charge in [-0.2, -0.15) is 0 Å². The van der Waals surface area contributed by atoms with Crippen molar-refractivity contribution < 1.29 is 91.0 Å². The van der Waals surface area contributed by atoms with Gasteiger partial charge in [-0.25, -0.2) is 0 Å². The van der Waals surface area contributed by atoms with Gasteiger partial charge < -0.3 is 10.2 Å². The number of benzene rings is 2. The van der Waals surface area contributed by atoms with E-state index < -0.39 is 0 Å². The van der Waals surface area contributed by atoms with Gasteiger partial charge in [0.25, 0.3) is 0 Å². The third-order valence-electron chi connectivity index (χ3n) is 14.0. The SMILES string of the molecule is CC1C(C)C(C)C(C)C1C.CC1C(C)C(C)C(C)C1C.Cc1cc(C(C)(C)C)c(O)c(C(C)(C)C)c1.Cc1cc(C(C)(C)C)c(O)c(C(C)(C)C)c1.[Sm].[Sm]. The van der Waals surface area contributed by atoms with Gasteiger partial charge in [-0.1, -0.05) is 188 Å². The van der Waals surface area contributed by atoms with E-state index in [2.05, 4.69) is 190 Å². The van der Waals surface area contributed by atoms with Crippen LogP contribution in [0.4, 0.5) is 0 Å². The zero-order chi connectivity index (χ0) is 41.2. The molecule has 0 aromatic heterocycles. The van der Waals surface area contributed by atoms with E-state index in [0.29, 0.717) is 11.5 Å². The first-order valence-corrected chi connectivity index (χ1v) is 20.9. The van der Waals surface area contributed by atoms with Crippen LogP contribution in [-0.2, 0) is 21.7 Å². The zero-order valence-corrected chi connectivity index (χ0v) is 45.0. The molecular formula is C50H88O2Sm2. The van der Waals surface area contributed by atoms with Gasteiger partial charge >= 0.3 is 0 Å². The summed E-state index contributed by atoms with van der Waals surface area (Å²) < 4.78 is 0. The molecule has 0 aliphatic heterocycles. The smallest absolute Gasteiger partial charge is 0.123 e. The van der Waals surface area contributed by atoms with Crippen molar-refractivity contribution in [3.63, 3.8) is 0 Å². The third-order valence-corrected chi connectivity index (χ3v) is 14.0. The first kappa shape index (κ1) is 56.8. The number of phenols is 2. The van der Waals surface area contributed by atoms with E-state index >= 15 is 0 Å². The standard InChI is InChI=1S/2C15H24O.2C10H20.2Sm/c2*1-10-8-11(14(2,3)4)13(16)12(9-10)15(5,6)7;2*1-6-7(2)9(4)10(5)8(6)3;;/h2*8-9,16H,1-7H3;2*6-10H,1-5H3;;. The Balaban J connectivity index is 0. The third kappa shape index (κ3) is 15.1. The van der Waals surface area contributed by atoms with E-state index in [9.17, 15) is 10.2 Å². The second kappa shape index (κ2) is 21.8. The first-order valence-electron chi connectivity index (χ1n) is 20.9. The molecule has 2 aliphatic carbocycles. The van der Waals surface area contributed by atoms with E-state index in [1.807, 2.05) is 0 Å². The molecule has 4 heteroatoms. The largest absolute Gasteiger partial charge is 0.507 e. The van der Waals surface area contributed by atoms with Gasteiger partial charge in [-0.15, -0.1) is 0 Å². The molecule has 2 N–H and O–H groups in total. The number of aromatic hydroxyl groups is 2. The Morgan fingerprint density at radius 3 is 0.519 bits per heavy atom. The van der Waals surface area contributed by atoms with Crippen LogP contribution in [0, 0.1) is 154 Å². The van der Waals surface area contributed by atoms with Crippen molar-refractivity contribution in [2.24, 2.45) is 59.2 Å².